The van der Waals surface area contributed by atoms with Crippen LogP contribution in [0.25, 0.3) is 0 Å². The molecule has 0 aliphatic heterocycles. The Hall–Kier alpha value is -1.67. The van der Waals surface area contributed by atoms with Crippen LogP contribution in [0.1, 0.15) is 25.3 Å². The first kappa shape index (κ1) is 13.8. The van der Waals surface area contributed by atoms with E-state index in [-0.39, 0.29) is 28.1 Å². The van der Waals surface area contributed by atoms with Crippen LogP contribution < -0.4 is 10.9 Å². The number of nitrogens with two attached hydrogens (primary N) is 2. The summed E-state index contributed by atoms with van der Waals surface area (Å²) < 4.78 is 22.2. The van der Waals surface area contributed by atoms with Crippen LogP contribution in [0.4, 0.5) is 0 Å². The van der Waals surface area contributed by atoms with Gasteiger partial charge in [0.05, 0.1) is 0 Å². The average molecular weight is 284 g/mol. The number of rotatable bonds is 3. The van der Waals surface area contributed by atoms with E-state index in [1.165, 1.54) is 12.3 Å². The van der Waals surface area contributed by atoms with E-state index in [1.807, 2.05) is 13.8 Å². The summed E-state index contributed by atoms with van der Waals surface area (Å²) in [5.41, 5.74) is 6.33. The third-order valence-electron chi connectivity index (χ3n) is 3.67. The molecule has 0 bridgehead atoms. The van der Waals surface area contributed by atoms with Crippen LogP contribution in [0.15, 0.2) is 28.5 Å². The number of amidine groups is 1. The zero-order valence-electron chi connectivity index (χ0n) is 10.6. The molecule has 8 heteroatoms. The molecule has 2 rings (SSSR count). The first-order chi connectivity index (χ1) is 8.69. The summed E-state index contributed by atoms with van der Waals surface area (Å²) in [6.07, 6.45) is 1.47. The van der Waals surface area contributed by atoms with Crippen LogP contribution in [-0.4, -0.2) is 24.4 Å². The lowest BCUT2D eigenvalue weighted by Crippen LogP contribution is -2.17. The lowest BCUT2D eigenvalue weighted by Gasteiger charge is -2.03. The predicted molar refractivity (Wildman–Crippen MR) is 69.0 cm³/mol. The van der Waals surface area contributed by atoms with Gasteiger partial charge in [-0.15, -0.1) is 0 Å². The van der Waals surface area contributed by atoms with Gasteiger partial charge < -0.3 is 10.9 Å². The van der Waals surface area contributed by atoms with Gasteiger partial charge in [0.1, 0.15) is 5.84 Å². The van der Waals surface area contributed by atoms with E-state index < -0.39 is 10.0 Å². The first-order valence-corrected chi connectivity index (χ1v) is 7.20. The van der Waals surface area contributed by atoms with Gasteiger partial charge in [-0.3, -0.25) is 0 Å². The highest BCUT2D eigenvalue weighted by Gasteiger charge is 2.60. The van der Waals surface area contributed by atoms with E-state index in [2.05, 4.69) is 10.1 Å². The molecular formula is C11H16N4O3S. The first-order valence-electron chi connectivity index (χ1n) is 5.65. The number of hydrogen-bond donors (Lipinski definition) is 3. The average Bonchev–Trinajstić information content (AvgIpc) is 2.90. The Kier molecular flexibility index (Phi) is 3.02. The predicted octanol–water partition coefficient (Wildman–Crippen LogP) is 0.215. The number of primary sulfonamides is 1. The largest absolute Gasteiger partial charge is 0.409 e. The minimum Gasteiger partial charge on any atom is -0.409 e. The lowest BCUT2D eigenvalue weighted by atomic mass is 10.1. The SMILES string of the molecule is CC1(C)C(/C(N)=N/O)C1c1ccc(S(N)(=O)=O)nc1. The lowest BCUT2D eigenvalue weighted by molar-refractivity contribution is 0.315. The van der Waals surface area contributed by atoms with Crippen molar-refractivity contribution >= 4 is 15.9 Å². The second-order valence-electron chi connectivity index (χ2n) is 5.28. The molecule has 0 aromatic carbocycles. The molecule has 1 saturated carbocycles. The van der Waals surface area contributed by atoms with Crippen LogP contribution in [0.3, 0.4) is 0 Å². The van der Waals surface area contributed by atoms with Crippen LogP contribution in [-0.2, 0) is 10.0 Å². The normalized spacial score (nSPS) is 26.2. The second-order valence-corrected chi connectivity index (χ2v) is 6.78. The Labute approximate surface area is 111 Å². The van der Waals surface area contributed by atoms with Gasteiger partial charge in [0.15, 0.2) is 5.03 Å². The molecule has 0 spiro atoms. The van der Waals surface area contributed by atoms with Gasteiger partial charge in [0.2, 0.25) is 0 Å². The van der Waals surface area contributed by atoms with E-state index in [0.717, 1.165) is 5.56 Å². The second kappa shape index (κ2) is 4.17. The van der Waals surface area contributed by atoms with Gasteiger partial charge in [-0.25, -0.2) is 18.5 Å². The summed E-state index contributed by atoms with van der Waals surface area (Å²) in [6, 6.07) is 3.02. The Balaban J connectivity index is 2.31. The van der Waals surface area contributed by atoms with Crippen LogP contribution >= 0.6 is 0 Å². The third kappa shape index (κ3) is 2.28. The molecule has 19 heavy (non-hydrogen) atoms. The van der Waals surface area contributed by atoms with Crippen LogP contribution in [0.5, 0.6) is 0 Å². The highest BCUT2D eigenvalue weighted by molar-refractivity contribution is 7.89. The number of nitrogens with zero attached hydrogens (tertiary/aromatic N) is 2. The third-order valence-corrected chi connectivity index (χ3v) is 4.50. The van der Waals surface area contributed by atoms with Crippen LogP contribution in [0, 0.1) is 11.3 Å². The zero-order valence-corrected chi connectivity index (χ0v) is 11.4. The summed E-state index contributed by atoms with van der Waals surface area (Å²) in [5, 5.41) is 16.6. The van der Waals surface area contributed by atoms with Crippen molar-refractivity contribution in [2.24, 2.45) is 27.4 Å². The number of pyridine rings is 1. The van der Waals surface area contributed by atoms with Crippen molar-refractivity contribution in [3.63, 3.8) is 0 Å². The Morgan fingerprint density at radius 3 is 2.53 bits per heavy atom. The van der Waals surface area contributed by atoms with Crippen molar-refractivity contribution in [2.75, 3.05) is 0 Å². The molecule has 0 amide bonds. The van der Waals surface area contributed by atoms with Crippen molar-refractivity contribution in [3.05, 3.63) is 23.9 Å². The van der Waals surface area contributed by atoms with Crippen molar-refractivity contribution in [3.8, 4) is 0 Å². The van der Waals surface area contributed by atoms with E-state index >= 15 is 0 Å². The minimum absolute atomic E-state index is 0.0467. The minimum atomic E-state index is -3.79. The van der Waals surface area contributed by atoms with Gasteiger partial charge in [-0.05, 0) is 17.0 Å². The molecule has 1 aromatic heterocycles. The summed E-state index contributed by atoms with van der Waals surface area (Å²) in [4.78, 5) is 3.84. The summed E-state index contributed by atoms with van der Waals surface area (Å²) in [5.74, 6) is 0.135. The van der Waals surface area contributed by atoms with Crippen molar-refractivity contribution < 1.29 is 13.6 Å². The molecule has 1 aliphatic carbocycles. The van der Waals surface area contributed by atoms with Crippen molar-refractivity contribution in [1.82, 2.24) is 4.98 Å². The molecule has 0 saturated heterocycles. The van der Waals surface area contributed by atoms with E-state index in [4.69, 9.17) is 16.1 Å². The topological polar surface area (TPSA) is 132 Å². The molecule has 1 aromatic rings. The number of hydrogen-bond acceptors (Lipinski definition) is 5. The highest BCUT2D eigenvalue weighted by atomic mass is 32.2. The maximum atomic E-state index is 11.1. The summed E-state index contributed by atoms with van der Waals surface area (Å²) in [7, 11) is -3.79. The Bertz CT molecular complexity index is 622. The fourth-order valence-corrected chi connectivity index (χ4v) is 3.08. The molecule has 7 nitrogen and oxygen atoms in total. The summed E-state index contributed by atoms with van der Waals surface area (Å²) in [6.45, 7) is 3.99. The Morgan fingerprint density at radius 1 is 1.47 bits per heavy atom. The van der Waals surface area contributed by atoms with E-state index in [9.17, 15) is 8.42 Å². The fourth-order valence-electron chi connectivity index (χ4n) is 2.62. The van der Waals surface area contributed by atoms with Crippen molar-refractivity contribution in [1.29, 1.82) is 0 Å². The van der Waals surface area contributed by atoms with Gasteiger partial charge in [0.25, 0.3) is 10.0 Å². The summed E-state index contributed by atoms with van der Waals surface area (Å²) >= 11 is 0. The molecule has 2 atom stereocenters. The number of sulfonamides is 1. The standard InChI is InChI=1S/C11H16N4O3S/c1-11(2)8(9(11)10(12)15-16)6-3-4-7(14-5-6)19(13,17)18/h3-5,8-9,16H,1-2H3,(H2,12,15)(H2,13,17,18). The monoisotopic (exact) mass is 284 g/mol. The quantitative estimate of drug-likeness (QED) is 0.316. The molecular weight excluding hydrogens is 268 g/mol. The fraction of sp³-hybridized carbons (Fsp3) is 0.455. The Morgan fingerprint density at radius 2 is 2.11 bits per heavy atom. The van der Waals surface area contributed by atoms with Crippen LogP contribution in [0.2, 0.25) is 0 Å². The molecule has 1 heterocycles. The number of oxime groups is 1. The maximum Gasteiger partial charge on any atom is 0.255 e. The maximum absolute atomic E-state index is 11.1. The van der Waals surface area contributed by atoms with Crippen molar-refractivity contribution in [2.45, 2.75) is 24.8 Å². The molecule has 5 N–H and O–H groups in total. The molecule has 0 radical (unpaired) electrons. The van der Waals surface area contributed by atoms with Gasteiger partial charge in [-0.1, -0.05) is 25.1 Å². The molecule has 1 fully saturated rings. The number of aromatic nitrogens is 1. The van der Waals surface area contributed by atoms with Gasteiger partial charge >= 0.3 is 0 Å². The van der Waals surface area contributed by atoms with Gasteiger partial charge in [0, 0.05) is 18.0 Å². The molecule has 104 valence electrons. The highest BCUT2D eigenvalue weighted by Crippen LogP contribution is 2.64. The smallest absolute Gasteiger partial charge is 0.255 e. The van der Waals surface area contributed by atoms with Gasteiger partial charge in [-0.2, -0.15) is 0 Å². The zero-order chi connectivity index (χ0) is 14.4. The molecule has 2 unspecified atom stereocenters. The van der Waals surface area contributed by atoms with E-state index in [1.54, 1.807) is 6.07 Å². The van der Waals surface area contributed by atoms with E-state index in [0.29, 0.717) is 0 Å². The molecule has 1 aliphatic rings.